The number of alkyl halides is 3. The van der Waals surface area contributed by atoms with E-state index in [9.17, 15) is 18.0 Å². The Morgan fingerprint density at radius 1 is 1.24 bits per heavy atom. The topological polar surface area (TPSA) is 66.4 Å². The van der Waals surface area contributed by atoms with Crippen LogP contribution in [0.25, 0.3) is 0 Å². The zero-order valence-corrected chi connectivity index (χ0v) is 17.0. The molecule has 1 heterocycles. The third-order valence-corrected chi connectivity index (χ3v) is 4.97. The smallest absolute Gasteiger partial charge is 0.403 e. The van der Waals surface area contributed by atoms with Crippen molar-refractivity contribution in [2.24, 2.45) is 4.99 Å². The summed E-state index contributed by atoms with van der Waals surface area (Å²) in [6, 6.07) is 3.68. The van der Waals surface area contributed by atoms with Crippen molar-refractivity contribution < 1.29 is 27.4 Å². The molecule has 0 radical (unpaired) electrons. The predicted molar refractivity (Wildman–Crippen MR) is 103 cm³/mol. The molecule has 7 nitrogen and oxygen atoms in total. The first-order valence-corrected chi connectivity index (χ1v) is 9.22. The van der Waals surface area contributed by atoms with Crippen LogP contribution in [0.1, 0.15) is 22.8 Å². The van der Waals surface area contributed by atoms with E-state index in [1.165, 1.54) is 26.0 Å². The average molecular weight is 416 g/mol. The van der Waals surface area contributed by atoms with Crippen LogP contribution < -0.4 is 10.1 Å². The summed E-state index contributed by atoms with van der Waals surface area (Å²) in [4.78, 5) is 19.3. The van der Waals surface area contributed by atoms with Gasteiger partial charge in [-0.15, -0.1) is 0 Å². The van der Waals surface area contributed by atoms with E-state index in [0.717, 1.165) is 5.56 Å². The van der Waals surface area contributed by atoms with Gasteiger partial charge in [-0.25, -0.2) is 4.79 Å². The maximum Gasteiger partial charge on any atom is 0.403 e. The summed E-state index contributed by atoms with van der Waals surface area (Å²) in [6.45, 7) is 3.12. The van der Waals surface area contributed by atoms with Gasteiger partial charge in [-0.2, -0.15) is 13.2 Å². The highest BCUT2D eigenvalue weighted by molar-refractivity contribution is 5.92. The van der Waals surface area contributed by atoms with Gasteiger partial charge < -0.3 is 19.7 Å². The number of ether oxygens (including phenoxy) is 2. The molecule has 0 saturated carbocycles. The lowest BCUT2D eigenvalue weighted by atomic mass is 10.1. The minimum atomic E-state index is -4.22. The number of methoxy groups -OCH3 is 2. The first-order chi connectivity index (χ1) is 13.7. The van der Waals surface area contributed by atoms with Gasteiger partial charge in [-0.05, 0) is 24.6 Å². The fourth-order valence-electron chi connectivity index (χ4n) is 3.17. The monoisotopic (exact) mass is 416 g/mol. The Hall–Kier alpha value is -2.49. The van der Waals surface area contributed by atoms with Crippen LogP contribution in [-0.4, -0.2) is 81.4 Å². The van der Waals surface area contributed by atoms with Crippen LogP contribution in [0.15, 0.2) is 23.2 Å². The van der Waals surface area contributed by atoms with Crippen molar-refractivity contribution in [3.05, 3.63) is 29.3 Å². The molecule has 1 atom stereocenters. The quantitative estimate of drug-likeness (QED) is 0.451. The average Bonchev–Trinajstić information content (AvgIpc) is 2.72. The normalized spacial score (nSPS) is 17.1. The molecule has 2 rings (SSSR count). The lowest BCUT2D eigenvalue weighted by Crippen LogP contribution is -2.56. The first-order valence-electron chi connectivity index (χ1n) is 9.22. The molecule has 1 aliphatic heterocycles. The van der Waals surface area contributed by atoms with Gasteiger partial charge >= 0.3 is 12.1 Å². The Morgan fingerprint density at radius 2 is 1.90 bits per heavy atom. The fourth-order valence-corrected chi connectivity index (χ4v) is 3.17. The van der Waals surface area contributed by atoms with Gasteiger partial charge in [0.25, 0.3) is 0 Å². The van der Waals surface area contributed by atoms with Gasteiger partial charge in [0.1, 0.15) is 17.4 Å². The van der Waals surface area contributed by atoms with Crippen molar-refractivity contribution in [2.45, 2.75) is 25.7 Å². The van der Waals surface area contributed by atoms with E-state index in [-0.39, 0.29) is 0 Å². The number of hydrogen-bond acceptors (Lipinski definition) is 5. The second-order valence-corrected chi connectivity index (χ2v) is 6.67. The van der Waals surface area contributed by atoms with Crippen molar-refractivity contribution in [2.75, 3.05) is 47.4 Å². The van der Waals surface area contributed by atoms with E-state index >= 15 is 0 Å². The van der Waals surface area contributed by atoms with Crippen molar-refractivity contribution in [1.29, 1.82) is 0 Å². The van der Waals surface area contributed by atoms with Crippen LogP contribution in [0.3, 0.4) is 0 Å². The zero-order valence-electron chi connectivity index (χ0n) is 17.0. The number of benzene rings is 1. The molecular weight excluding hydrogens is 389 g/mol. The number of hydrogen-bond donors (Lipinski definition) is 1. The highest BCUT2D eigenvalue weighted by Gasteiger charge is 2.41. The van der Waals surface area contributed by atoms with Crippen molar-refractivity contribution >= 4 is 11.9 Å². The Labute approximate surface area is 168 Å². The largest absolute Gasteiger partial charge is 0.496 e. The van der Waals surface area contributed by atoms with Gasteiger partial charge in [0.2, 0.25) is 0 Å². The van der Waals surface area contributed by atoms with Crippen molar-refractivity contribution in [1.82, 2.24) is 15.1 Å². The predicted octanol–water partition coefficient (Wildman–Crippen LogP) is 2.13. The lowest BCUT2D eigenvalue weighted by Gasteiger charge is -2.39. The van der Waals surface area contributed by atoms with E-state index in [2.05, 4.69) is 10.3 Å². The number of nitrogens with one attached hydrogen (secondary N) is 1. The molecule has 0 bridgehead atoms. The van der Waals surface area contributed by atoms with Gasteiger partial charge in [-0.1, -0.05) is 6.07 Å². The Kier molecular flexibility index (Phi) is 7.72. The number of esters is 1. The summed E-state index contributed by atoms with van der Waals surface area (Å²) < 4.78 is 48.7. The maximum atomic E-state index is 12.9. The molecule has 162 valence electrons. The third kappa shape index (κ3) is 5.75. The molecule has 1 aromatic rings. The van der Waals surface area contributed by atoms with E-state index in [0.29, 0.717) is 50.0 Å². The number of halogens is 3. The molecule has 10 heteroatoms. The minimum Gasteiger partial charge on any atom is -0.496 e. The van der Waals surface area contributed by atoms with Gasteiger partial charge in [-0.3, -0.25) is 9.89 Å². The van der Waals surface area contributed by atoms with Crippen LogP contribution >= 0.6 is 0 Å². The molecule has 1 aromatic carbocycles. The summed E-state index contributed by atoms with van der Waals surface area (Å²) in [5.41, 5.74) is 1.19. The number of piperazine rings is 1. The highest BCUT2D eigenvalue weighted by Crippen LogP contribution is 2.25. The van der Waals surface area contributed by atoms with E-state index in [1.54, 1.807) is 25.2 Å². The molecule has 1 saturated heterocycles. The Balaban J connectivity index is 1.96. The summed E-state index contributed by atoms with van der Waals surface area (Å²) in [6.07, 6.45) is -4.22. The van der Waals surface area contributed by atoms with Crippen molar-refractivity contribution in [3.63, 3.8) is 0 Å². The lowest BCUT2D eigenvalue weighted by molar-refractivity contribution is -0.181. The Morgan fingerprint density at radius 3 is 2.41 bits per heavy atom. The SMILES string of the molecule is CN=C(NCc1ccc(C(=O)OC)c(OC)c1)N1CCN(C(C)C(F)(F)F)CC1. The van der Waals surface area contributed by atoms with Crippen LogP contribution in [0.2, 0.25) is 0 Å². The second-order valence-electron chi connectivity index (χ2n) is 6.67. The Bertz CT molecular complexity index is 732. The van der Waals surface area contributed by atoms with E-state index < -0.39 is 18.2 Å². The number of nitrogens with zero attached hydrogens (tertiary/aromatic N) is 3. The van der Waals surface area contributed by atoms with Gasteiger partial charge in [0.05, 0.1) is 14.2 Å². The number of carbonyl (C=O) groups excluding carboxylic acids is 1. The van der Waals surface area contributed by atoms with Gasteiger partial charge in [0, 0.05) is 39.8 Å². The van der Waals surface area contributed by atoms with Crippen LogP contribution in [0.4, 0.5) is 13.2 Å². The molecule has 0 aromatic heterocycles. The minimum absolute atomic E-state index is 0.309. The van der Waals surface area contributed by atoms with E-state index in [1.807, 2.05) is 4.90 Å². The first kappa shape index (κ1) is 22.8. The highest BCUT2D eigenvalue weighted by atomic mass is 19.4. The molecule has 0 aliphatic carbocycles. The summed E-state index contributed by atoms with van der Waals surface area (Å²) in [5.74, 6) is 0.532. The third-order valence-electron chi connectivity index (χ3n) is 4.97. The number of rotatable bonds is 5. The van der Waals surface area contributed by atoms with Crippen LogP contribution in [0, 0.1) is 0 Å². The molecule has 1 unspecified atom stereocenters. The molecule has 0 amide bonds. The maximum absolute atomic E-state index is 12.9. The summed E-state index contributed by atoms with van der Waals surface area (Å²) in [5, 5.41) is 3.21. The second kappa shape index (κ2) is 9.82. The molecule has 29 heavy (non-hydrogen) atoms. The molecule has 1 N–H and O–H groups in total. The van der Waals surface area contributed by atoms with Gasteiger partial charge in [0.15, 0.2) is 5.96 Å². The fraction of sp³-hybridized carbons (Fsp3) is 0.579. The molecular formula is C19H27F3N4O3. The summed E-state index contributed by atoms with van der Waals surface area (Å²) >= 11 is 0. The molecule has 0 spiro atoms. The van der Waals surface area contributed by atoms with E-state index in [4.69, 9.17) is 9.47 Å². The van der Waals surface area contributed by atoms with Crippen molar-refractivity contribution in [3.8, 4) is 5.75 Å². The molecule has 1 fully saturated rings. The van der Waals surface area contributed by atoms with Crippen LogP contribution in [-0.2, 0) is 11.3 Å². The number of aliphatic imine (C=N–C) groups is 1. The number of carbonyl (C=O) groups is 1. The number of guanidine groups is 1. The van der Waals surface area contributed by atoms with Crippen LogP contribution in [0.5, 0.6) is 5.75 Å². The standard InChI is InChI=1S/C19H27F3N4O3/c1-13(19(20,21)22)25-7-9-26(10-8-25)18(23-2)24-12-14-5-6-15(17(27)29-4)16(11-14)28-3/h5-6,11,13H,7-10,12H2,1-4H3,(H,23,24). The zero-order chi connectivity index (χ0) is 21.6. The summed E-state index contributed by atoms with van der Waals surface area (Å²) in [7, 11) is 4.41. The molecule has 1 aliphatic rings.